The maximum absolute atomic E-state index is 11.7. The molecule has 0 saturated heterocycles. The van der Waals surface area contributed by atoms with E-state index in [1.54, 1.807) is 6.92 Å². The summed E-state index contributed by atoms with van der Waals surface area (Å²) in [6.07, 6.45) is 4.46. The van der Waals surface area contributed by atoms with Gasteiger partial charge in [0.25, 0.3) is 0 Å². The SMILES string of the molecule is CCOP(=O)(O)[C@@H]1C[C@H]2CC[C@@H]1C2. The first-order valence-electron chi connectivity index (χ1n) is 5.10. The number of hydrogen-bond acceptors (Lipinski definition) is 2. The fourth-order valence-electron chi connectivity index (χ4n) is 2.89. The Morgan fingerprint density at radius 3 is 2.69 bits per heavy atom. The fraction of sp³-hybridized carbons (Fsp3) is 1.00. The van der Waals surface area contributed by atoms with Gasteiger partial charge >= 0.3 is 7.60 Å². The number of fused-ring (bicyclic) bond motifs is 2. The molecule has 0 aromatic rings. The monoisotopic (exact) mass is 204 g/mol. The molecule has 76 valence electrons. The smallest absolute Gasteiger partial charge is 0.324 e. The van der Waals surface area contributed by atoms with Crippen LogP contribution >= 0.6 is 7.60 Å². The standard InChI is InChI=1S/C9H17O3P/c1-2-12-13(10,11)9-6-7-3-4-8(9)5-7/h7-9H,2-6H2,1H3,(H,10,11)/t7-,8+,9+/m0/s1. The molecule has 2 rings (SSSR count). The summed E-state index contributed by atoms with van der Waals surface area (Å²) in [5.41, 5.74) is -0.0498. The van der Waals surface area contributed by atoms with Crippen LogP contribution in [-0.4, -0.2) is 17.2 Å². The van der Waals surface area contributed by atoms with Gasteiger partial charge in [-0.2, -0.15) is 0 Å². The summed E-state index contributed by atoms with van der Waals surface area (Å²) in [5, 5.41) is 0. The van der Waals surface area contributed by atoms with E-state index >= 15 is 0 Å². The Bertz CT molecular complexity index is 241. The molecule has 2 fully saturated rings. The molecule has 2 saturated carbocycles. The van der Waals surface area contributed by atoms with Gasteiger partial charge in [0.15, 0.2) is 0 Å². The maximum Gasteiger partial charge on any atom is 0.331 e. The van der Waals surface area contributed by atoms with Crippen LogP contribution in [0.2, 0.25) is 0 Å². The van der Waals surface area contributed by atoms with Crippen molar-refractivity contribution in [3.05, 3.63) is 0 Å². The minimum absolute atomic E-state index is 0.0498. The van der Waals surface area contributed by atoms with Gasteiger partial charge in [0, 0.05) is 0 Å². The van der Waals surface area contributed by atoms with Gasteiger partial charge in [-0.3, -0.25) is 4.57 Å². The molecule has 3 nitrogen and oxygen atoms in total. The van der Waals surface area contributed by atoms with Gasteiger partial charge in [0.05, 0.1) is 12.3 Å². The predicted molar refractivity (Wildman–Crippen MR) is 50.7 cm³/mol. The van der Waals surface area contributed by atoms with E-state index in [-0.39, 0.29) is 5.66 Å². The van der Waals surface area contributed by atoms with Gasteiger partial charge in [0.1, 0.15) is 0 Å². The van der Waals surface area contributed by atoms with E-state index in [0.717, 1.165) is 19.3 Å². The Labute approximate surface area is 79.0 Å². The van der Waals surface area contributed by atoms with Crippen LogP contribution < -0.4 is 0 Å². The summed E-state index contributed by atoms with van der Waals surface area (Å²) in [4.78, 5) is 9.67. The van der Waals surface area contributed by atoms with Gasteiger partial charge in [-0.15, -0.1) is 0 Å². The van der Waals surface area contributed by atoms with Crippen LogP contribution in [-0.2, 0) is 9.09 Å². The highest BCUT2D eigenvalue weighted by Gasteiger charge is 2.48. The van der Waals surface area contributed by atoms with Crippen LogP contribution in [0, 0.1) is 11.8 Å². The molecule has 0 aliphatic heterocycles. The van der Waals surface area contributed by atoms with E-state index in [1.165, 1.54) is 6.42 Å². The lowest BCUT2D eigenvalue weighted by Gasteiger charge is -2.25. The van der Waals surface area contributed by atoms with Gasteiger partial charge in [-0.25, -0.2) is 0 Å². The zero-order valence-electron chi connectivity index (χ0n) is 7.98. The third-order valence-corrected chi connectivity index (χ3v) is 5.53. The van der Waals surface area contributed by atoms with Crippen molar-refractivity contribution in [1.29, 1.82) is 0 Å². The van der Waals surface area contributed by atoms with Gasteiger partial charge in [-0.05, 0) is 38.0 Å². The zero-order chi connectivity index (χ0) is 9.47. The van der Waals surface area contributed by atoms with E-state index in [9.17, 15) is 9.46 Å². The summed E-state index contributed by atoms with van der Waals surface area (Å²) in [5.74, 6) is 1.17. The first-order valence-corrected chi connectivity index (χ1v) is 6.75. The van der Waals surface area contributed by atoms with Gasteiger partial charge in [0.2, 0.25) is 0 Å². The van der Waals surface area contributed by atoms with Gasteiger partial charge in [-0.1, -0.05) is 6.42 Å². The molecular formula is C9H17O3P. The first kappa shape index (κ1) is 9.70. The van der Waals surface area contributed by atoms with E-state index in [4.69, 9.17) is 4.52 Å². The molecule has 2 aliphatic rings. The molecule has 1 N–H and O–H groups in total. The Kier molecular flexibility index (Phi) is 2.52. The van der Waals surface area contributed by atoms with Crippen LogP contribution in [0.1, 0.15) is 32.6 Å². The second-order valence-corrected chi connectivity index (χ2v) is 6.27. The van der Waals surface area contributed by atoms with Crippen molar-refractivity contribution in [1.82, 2.24) is 0 Å². The van der Waals surface area contributed by atoms with E-state index in [0.29, 0.717) is 18.4 Å². The highest BCUT2D eigenvalue weighted by Crippen LogP contribution is 2.61. The quantitative estimate of drug-likeness (QED) is 0.718. The summed E-state index contributed by atoms with van der Waals surface area (Å²) >= 11 is 0. The third-order valence-electron chi connectivity index (χ3n) is 3.43. The summed E-state index contributed by atoms with van der Waals surface area (Å²) in [7, 11) is -3.28. The van der Waals surface area contributed by atoms with Crippen LogP contribution in [0.4, 0.5) is 0 Å². The van der Waals surface area contributed by atoms with Crippen molar-refractivity contribution < 1.29 is 14.0 Å². The van der Waals surface area contributed by atoms with Crippen molar-refractivity contribution >= 4 is 7.60 Å². The topological polar surface area (TPSA) is 46.5 Å². The molecular weight excluding hydrogens is 187 g/mol. The first-order chi connectivity index (χ1) is 6.13. The van der Waals surface area contributed by atoms with Gasteiger partial charge < -0.3 is 9.42 Å². The fourth-order valence-corrected chi connectivity index (χ4v) is 4.82. The second-order valence-electron chi connectivity index (χ2n) is 4.22. The predicted octanol–water partition coefficient (Wildman–Crippen LogP) is 2.40. The summed E-state index contributed by atoms with van der Waals surface area (Å²) in [6, 6.07) is 0. The number of hydrogen-bond donors (Lipinski definition) is 1. The molecule has 1 unspecified atom stereocenters. The van der Waals surface area contributed by atoms with Crippen molar-refractivity contribution in [2.24, 2.45) is 11.8 Å². The van der Waals surface area contributed by atoms with Crippen LogP contribution in [0.15, 0.2) is 0 Å². The van der Waals surface area contributed by atoms with Crippen molar-refractivity contribution in [2.75, 3.05) is 6.61 Å². The molecule has 4 heteroatoms. The van der Waals surface area contributed by atoms with Crippen LogP contribution in [0.3, 0.4) is 0 Å². The van der Waals surface area contributed by atoms with E-state index < -0.39 is 7.60 Å². The molecule has 0 radical (unpaired) electrons. The third kappa shape index (κ3) is 1.70. The molecule has 4 atom stereocenters. The van der Waals surface area contributed by atoms with Crippen LogP contribution in [0.5, 0.6) is 0 Å². The van der Waals surface area contributed by atoms with Crippen LogP contribution in [0.25, 0.3) is 0 Å². The average Bonchev–Trinajstić information content (AvgIpc) is 2.63. The minimum Gasteiger partial charge on any atom is -0.324 e. The number of rotatable bonds is 3. The molecule has 0 aromatic heterocycles. The Morgan fingerprint density at radius 2 is 2.23 bits per heavy atom. The highest BCUT2D eigenvalue weighted by molar-refractivity contribution is 7.53. The average molecular weight is 204 g/mol. The lowest BCUT2D eigenvalue weighted by molar-refractivity contribution is 0.252. The summed E-state index contributed by atoms with van der Waals surface area (Å²) < 4.78 is 16.7. The Balaban J connectivity index is 2.05. The lowest BCUT2D eigenvalue weighted by Crippen LogP contribution is -2.18. The normalized spacial score (nSPS) is 42.2. The second kappa shape index (κ2) is 3.38. The lowest BCUT2D eigenvalue weighted by atomic mass is 10.0. The minimum atomic E-state index is -3.28. The van der Waals surface area contributed by atoms with E-state index in [1.807, 2.05) is 0 Å². The summed E-state index contributed by atoms with van der Waals surface area (Å²) in [6.45, 7) is 2.12. The zero-order valence-corrected chi connectivity index (χ0v) is 8.87. The van der Waals surface area contributed by atoms with E-state index in [2.05, 4.69) is 0 Å². The molecule has 13 heavy (non-hydrogen) atoms. The molecule has 2 aliphatic carbocycles. The van der Waals surface area contributed by atoms with Crippen molar-refractivity contribution in [3.63, 3.8) is 0 Å². The Hall–Kier alpha value is 0.150. The molecule has 0 spiro atoms. The molecule has 0 heterocycles. The highest BCUT2D eigenvalue weighted by atomic mass is 31.2. The largest absolute Gasteiger partial charge is 0.331 e. The van der Waals surface area contributed by atoms with Crippen molar-refractivity contribution in [3.8, 4) is 0 Å². The molecule has 0 amide bonds. The maximum atomic E-state index is 11.7. The molecule has 0 aromatic carbocycles. The Morgan fingerprint density at radius 1 is 1.46 bits per heavy atom. The molecule has 2 bridgehead atoms. The van der Waals surface area contributed by atoms with Crippen molar-refractivity contribution in [2.45, 2.75) is 38.3 Å².